The van der Waals surface area contributed by atoms with E-state index in [2.05, 4.69) is 0 Å². The molecule has 14 heavy (non-hydrogen) atoms. The molecule has 0 spiro atoms. The minimum atomic E-state index is -3.85. The molecule has 0 aliphatic rings. The van der Waals surface area contributed by atoms with Crippen molar-refractivity contribution in [1.29, 1.82) is 0 Å². The third kappa shape index (κ3) is 2.09. The number of benzene rings is 1. The second-order valence-corrected chi connectivity index (χ2v) is 4.51. The van der Waals surface area contributed by atoms with Crippen LogP contribution in [0.2, 0.25) is 5.02 Å². The Morgan fingerprint density at radius 3 is 2.43 bits per heavy atom. The third-order valence-electron chi connectivity index (χ3n) is 1.59. The Morgan fingerprint density at radius 1 is 1.43 bits per heavy atom. The molecule has 0 unspecified atom stereocenters. The van der Waals surface area contributed by atoms with Crippen molar-refractivity contribution < 1.29 is 13.2 Å². The lowest BCUT2D eigenvalue weighted by Gasteiger charge is -2.07. The van der Waals surface area contributed by atoms with E-state index in [-0.39, 0.29) is 21.4 Å². The minimum absolute atomic E-state index is 0.0224. The number of hydrogen-bond donors (Lipinski definition) is 2. The van der Waals surface area contributed by atoms with Gasteiger partial charge in [0, 0.05) is 6.07 Å². The van der Waals surface area contributed by atoms with Crippen molar-refractivity contribution in [3.8, 4) is 5.75 Å². The van der Waals surface area contributed by atoms with Crippen molar-refractivity contribution >= 4 is 27.3 Å². The zero-order valence-electron chi connectivity index (χ0n) is 7.32. The van der Waals surface area contributed by atoms with Gasteiger partial charge >= 0.3 is 0 Å². The minimum Gasteiger partial charge on any atom is -0.495 e. The fraction of sp³-hybridized carbons (Fsp3) is 0.143. The molecule has 4 N–H and O–H groups in total. The van der Waals surface area contributed by atoms with E-state index in [1.54, 1.807) is 0 Å². The van der Waals surface area contributed by atoms with Crippen LogP contribution in [0.25, 0.3) is 0 Å². The quantitative estimate of drug-likeness (QED) is 0.734. The zero-order valence-corrected chi connectivity index (χ0v) is 8.89. The van der Waals surface area contributed by atoms with E-state index < -0.39 is 10.0 Å². The van der Waals surface area contributed by atoms with Gasteiger partial charge in [0.2, 0.25) is 10.0 Å². The highest BCUT2D eigenvalue weighted by molar-refractivity contribution is 7.89. The molecule has 0 fully saturated rings. The third-order valence-corrected chi connectivity index (χ3v) is 2.97. The molecule has 0 atom stereocenters. The van der Waals surface area contributed by atoms with Crippen LogP contribution in [0.15, 0.2) is 17.0 Å². The summed E-state index contributed by atoms with van der Waals surface area (Å²) in [5, 5.41) is 4.90. The van der Waals surface area contributed by atoms with Crippen LogP contribution >= 0.6 is 11.6 Å². The largest absolute Gasteiger partial charge is 0.495 e. The summed E-state index contributed by atoms with van der Waals surface area (Å²) in [5.41, 5.74) is 5.75. The molecule has 0 aromatic heterocycles. The van der Waals surface area contributed by atoms with Gasteiger partial charge in [-0.2, -0.15) is 0 Å². The van der Waals surface area contributed by atoms with Crippen molar-refractivity contribution in [2.75, 3.05) is 12.8 Å². The molecule has 0 radical (unpaired) electrons. The van der Waals surface area contributed by atoms with Gasteiger partial charge in [-0.3, -0.25) is 0 Å². The van der Waals surface area contributed by atoms with Crippen LogP contribution in [0.1, 0.15) is 0 Å². The summed E-state index contributed by atoms with van der Waals surface area (Å²) in [6, 6.07) is 2.47. The molecule has 0 aliphatic carbocycles. The molecule has 0 saturated heterocycles. The van der Waals surface area contributed by atoms with Crippen molar-refractivity contribution in [3.63, 3.8) is 0 Å². The topological polar surface area (TPSA) is 95.4 Å². The first-order valence-corrected chi connectivity index (χ1v) is 5.44. The van der Waals surface area contributed by atoms with Crippen LogP contribution in [0.4, 0.5) is 5.69 Å². The summed E-state index contributed by atoms with van der Waals surface area (Å²) in [6.45, 7) is 0. The second-order valence-electron chi connectivity index (χ2n) is 2.57. The van der Waals surface area contributed by atoms with Crippen LogP contribution in [-0.4, -0.2) is 15.5 Å². The highest BCUT2D eigenvalue weighted by Crippen LogP contribution is 2.30. The van der Waals surface area contributed by atoms with Gasteiger partial charge in [0.25, 0.3) is 0 Å². The van der Waals surface area contributed by atoms with Gasteiger partial charge in [0.1, 0.15) is 10.6 Å². The lowest BCUT2D eigenvalue weighted by Crippen LogP contribution is -2.13. The van der Waals surface area contributed by atoms with E-state index in [0.29, 0.717) is 0 Å². The van der Waals surface area contributed by atoms with Gasteiger partial charge < -0.3 is 10.5 Å². The van der Waals surface area contributed by atoms with E-state index >= 15 is 0 Å². The van der Waals surface area contributed by atoms with E-state index in [1.165, 1.54) is 19.2 Å². The summed E-state index contributed by atoms with van der Waals surface area (Å²) in [5.74, 6) is 0.221. The number of rotatable bonds is 2. The van der Waals surface area contributed by atoms with E-state index in [9.17, 15) is 8.42 Å². The Labute approximate surface area is 86.7 Å². The predicted molar refractivity (Wildman–Crippen MR) is 53.8 cm³/mol. The molecule has 1 rings (SSSR count). The Bertz CT molecular complexity index is 458. The first kappa shape index (κ1) is 11.1. The number of nitrogens with two attached hydrogens (primary N) is 2. The molecule has 7 heteroatoms. The summed E-state index contributed by atoms with van der Waals surface area (Å²) < 4.78 is 26.9. The van der Waals surface area contributed by atoms with E-state index in [4.69, 9.17) is 27.2 Å². The molecule has 0 bridgehead atoms. The molecular formula is C7H9ClN2O3S. The van der Waals surface area contributed by atoms with Gasteiger partial charge in [0.05, 0.1) is 17.8 Å². The number of halogens is 1. The molecular weight excluding hydrogens is 228 g/mol. The average Bonchev–Trinajstić information content (AvgIpc) is 2.02. The smallest absolute Gasteiger partial charge is 0.239 e. The van der Waals surface area contributed by atoms with Crippen molar-refractivity contribution in [2.24, 2.45) is 5.14 Å². The number of methoxy groups -OCH3 is 1. The van der Waals surface area contributed by atoms with Gasteiger partial charge in [-0.05, 0) is 6.07 Å². The average molecular weight is 237 g/mol. The summed E-state index contributed by atoms with van der Waals surface area (Å²) >= 11 is 5.65. The number of nitrogen functional groups attached to an aromatic ring is 1. The number of sulfonamides is 1. The van der Waals surface area contributed by atoms with Gasteiger partial charge in [-0.25, -0.2) is 13.6 Å². The van der Waals surface area contributed by atoms with Gasteiger partial charge in [0.15, 0.2) is 0 Å². The van der Waals surface area contributed by atoms with E-state index in [0.717, 1.165) is 0 Å². The molecule has 1 aromatic rings. The molecule has 5 nitrogen and oxygen atoms in total. The first-order chi connectivity index (χ1) is 6.36. The van der Waals surface area contributed by atoms with Crippen LogP contribution in [0.5, 0.6) is 5.75 Å². The summed E-state index contributed by atoms with van der Waals surface area (Å²) in [4.78, 5) is -0.204. The lowest BCUT2D eigenvalue weighted by atomic mass is 10.3. The van der Waals surface area contributed by atoms with Crippen LogP contribution in [-0.2, 0) is 10.0 Å². The highest BCUT2D eigenvalue weighted by Gasteiger charge is 2.15. The van der Waals surface area contributed by atoms with Crippen molar-refractivity contribution in [1.82, 2.24) is 0 Å². The fourth-order valence-corrected chi connectivity index (χ4v) is 2.04. The first-order valence-electron chi connectivity index (χ1n) is 3.52. The molecule has 0 saturated carbocycles. The van der Waals surface area contributed by atoms with Crippen LogP contribution in [0.3, 0.4) is 0 Å². The maximum absolute atomic E-state index is 11.0. The lowest BCUT2D eigenvalue weighted by molar-refractivity contribution is 0.415. The fourth-order valence-electron chi connectivity index (χ4n) is 0.945. The molecule has 1 aromatic carbocycles. The maximum atomic E-state index is 11.0. The van der Waals surface area contributed by atoms with E-state index in [1.807, 2.05) is 0 Å². The van der Waals surface area contributed by atoms with Crippen molar-refractivity contribution in [3.05, 3.63) is 17.2 Å². The highest BCUT2D eigenvalue weighted by atomic mass is 35.5. The van der Waals surface area contributed by atoms with Crippen molar-refractivity contribution in [2.45, 2.75) is 4.90 Å². The second kappa shape index (κ2) is 3.64. The standard InChI is InChI=1S/C7H9ClN2O3S/c1-13-6-3-7(14(10,11)12)4(8)2-5(6)9/h2-3H,9H2,1H3,(H2,10,11,12). The molecule has 0 aliphatic heterocycles. The molecule has 0 heterocycles. The normalized spacial score (nSPS) is 11.4. The summed E-state index contributed by atoms with van der Waals surface area (Å²) in [7, 11) is -2.48. The van der Waals surface area contributed by atoms with Gasteiger partial charge in [-0.15, -0.1) is 0 Å². The Balaban J connectivity index is 3.47. The monoisotopic (exact) mass is 236 g/mol. The zero-order chi connectivity index (χ0) is 10.9. The molecule has 78 valence electrons. The summed E-state index contributed by atoms with van der Waals surface area (Å²) in [6.07, 6.45) is 0. The Hall–Kier alpha value is -0.980. The Kier molecular flexibility index (Phi) is 2.89. The maximum Gasteiger partial charge on any atom is 0.239 e. The number of ether oxygens (including phenoxy) is 1. The van der Waals surface area contributed by atoms with Crippen LogP contribution < -0.4 is 15.6 Å². The Morgan fingerprint density at radius 2 is 2.00 bits per heavy atom. The van der Waals surface area contributed by atoms with Gasteiger partial charge in [-0.1, -0.05) is 11.6 Å². The number of primary sulfonamides is 1. The molecule has 0 amide bonds. The number of hydrogen-bond acceptors (Lipinski definition) is 4. The number of anilines is 1. The predicted octanol–water partition coefficient (Wildman–Crippen LogP) is 0.578. The van der Waals surface area contributed by atoms with Crippen LogP contribution in [0, 0.1) is 0 Å². The SMILES string of the molecule is COc1cc(S(N)(=O)=O)c(Cl)cc1N.